The number of hydrogen-bond donors (Lipinski definition) is 1. The summed E-state index contributed by atoms with van der Waals surface area (Å²) in [6, 6.07) is 5.89. The maximum Gasteiger partial charge on any atom is 0.343 e. The molecule has 0 aromatic heterocycles. The van der Waals surface area contributed by atoms with Gasteiger partial charge in [-0.25, -0.2) is 4.79 Å². The second-order valence-electron chi connectivity index (χ2n) is 6.09. The van der Waals surface area contributed by atoms with Gasteiger partial charge in [-0.05, 0) is 30.7 Å². The van der Waals surface area contributed by atoms with Crippen molar-refractivity contribution in [3.63, 3.8) is 0 Å². The van der Waals surface area contributed by atoms with Gasteiger partial charge < -0.3 is 29.0 Å². The summed E-state index contributed by atoms with van der Waals surface area (Å²) in [7, 11) is 5.11. The summed E-state index contributed by atoms with van der Waals surface area (Å²) in [6.07, 6.45) is 0. The second kappa shape index (κ2) is 10.1. The Bertz CT molecular complexity index is 1000. The van der Waals surface area contributed by atoms with Gasteiger partial charge in [0.05, 0.1) is 33.4 Å². The van der Waals surface area contributed by atoms with E-state index < -0.39 is 22.5 Å². The van der Waals surface area contributed by atoms with Gasteiger partial charge in [-0.1, -0.05) is 0 Å². The Labute approximate surface area is 178 Å². The first-order chi connectivity index (χ1) is 14.8. The van der Waals surface area contributed by atoms with E-state index in [4.69, 9.17) is 18.9 Å². The maximum absolute atomic E-state index is 12.9. The smallest absolute Gasteiger partial charge is 0.343 e. The summed E-state index contributed by atoms with van der Waals surface area (Å²) >= 11 is 0. The van der Waals surface area contributed by atoms with E-state index in [0.717, 1.165) is 0 Å². The van der Waals surface area contributed by atoms with E-state index in [2.05, 4.69) is 10.1 Å². The number of carbonyl (C=O) groups is 2. The fraction of sp³-hybridized carbons (Fsp3) is 0.300. The molecule has 11 nitrogen and oxygen atoms in total. The number of benzene rings is 2. The number of hydrogen-bond acceptors (Lipinski definition) is 9. The SMILES string of the molecule is COC(=O)COc1ccc(NC(=O)c2cc(OC)c(OC)c(OC)c2[N+](=O)[O-])c(C)c1. The molecule has 0 heterocycles. The van der Waals surface area contributed by atoms with Crippen LogP contribution >= 0.6 is 0 Å². The number of rotatable bonds is 9. The molecule has 2 rings (SSSR count). The topological polar surface area (TPSA) is 135 Å². The fourth-order valence-electron chi connectivity index (χ4n) is 2.75. The molecule has 0 atom stereocenters. The Morgan fingerprint density at radius 1 is 1.03 bits per heavy atom. The summed E-state index contributed by atoms with van der Waals surface area (Å²) < 4.78 is 25.3. The number of amides is 1. The second-order valence-corrected chi connectivity index (χ2v) is 6.09. The van der Waals surface area contributed by atoms with Crippen molar-refractivity contribution in [2.24, 2.45) is 0 Å². The predicted octanol–water partition coefficient (Wildman–Crippen LogP) is 2.73. The van der Waals surface area contributed by atoms with Crippen molar-refractivity contribution in [3.8, 4) is 23.0 Å². The van der Waals surface area contributed by atoms with Crippen molar-refractivity contribution in [2.45, 2.75) is 6.92 Å². The van der Waals surface area contributed by atoms with Gasteiger partial charge in [0.15, 0.2) is 12.4 Å². The van der Waals surface area contributed by atoms with E-state index >= 15 is 0 Å². The quantitative estimate of drug-likeness (QED) is 0.359. The molecule has 2 aromatic rings. The molecule has 2 aromatic carbocycles. The number of carbonyl (C=O) groups excluding carboxylic acids is 2. The zero-order valence-corrected chi connectivity index (χ0v) is 17.6. The molecule has 1 N–H and O–H groups in total. The van der Waals surface area contributed by atoms with E-state index in [0.29, 0.717) is 17.0 Å². The standard InChI is InChI=1S/C20H22N2O9/c1-11-8-12(31-10-16(23)28-3)6-7-14(11)21-20(24)13-9-15(27-2)18(29-4)19(30-5)17(13)22(25)26/h6-9H,10H2,1-5H3,(H,21,24). The lowest BCUT2D eigenvalue weighted by atomic mass is 10.1. The highest BCUT2D eigenvalue weighted by Crippen LogP contribution is 2.46. The lowest BCUT2D eigenvalue weighted by Crippen LogP contribution is -2.16. The summed E-state index contributed by atoms with van der Waals surface area (Å²) in [4.78, 5) is 35.0. The van der Waals surface area contributed by atoms with Crippen LogP contribution in [-0.4, -0.2) is 51.8 Å². The van der Waals surface area contributed by atoms with Crippen LogP contribution < -0.4 is 24.3 Å². The first-order valence-electron chi connectivity index (χ1n) is 8.86. The van der Waals surface area contributed by atoms with Gasteiger partial charge in [-0.2, -0.15) is 0 Å². The number of nitrogens with zero attached hydrogens (tertiary/aromatic N) is 1. The van der Waals surface area contributed by atoms with Gasteiger partial charge in [0, 0.05) is 11.8 Å². The monoisotopic (exact) mass is 434 g/mol. The Morgan fingerprint density at radius 3 is 2.23 bits per heavy atom. The minimum Gasteiger partial charge on any atom is -0.493 e. The molecule has 0 saturated carbocycles. The van der Waals surface area contributed by atoms with Crippen LogP contribution in [0.2, 0.25) is 0 Å². The summed E-state index contributed by atoms with van der Waals surface area (Å²) in [5, 5.41) is 14.3. The molecular formula is C20H22N2O9. The molecule has 11 heteroatoms. The number of nitro benzene ring substituents is 1. The first-order valence-corrected chi connectivity index (χ1v) is 8.86. The van der Waals surface area contributed by atoms with Crippen molar-refractivity contribution in [2.75, 3.05) is 40.4 Å². The normalized spacial score (nSPS) is 10.1. The van der Waals surface area contributed by atoms with E-state index in [9.17, 15) is 19.7 Å². The Balaban J connectivity index is 2.39. The molecule has 0 aliphatic carbocycles. The number of nitrogens with one attached hydrogen (secondary N) is 1. The Hall–Kier alpha value is -4.02. The van der Waals surface area contributed by atoms with Crippen LogP contribution in [0.25, 0.3) is 0 Å². The Kier molecular flexibility index (Phi) is 7.61. The van der Waals surface area contributed by atoms with Crippen LogP contribution in [0.15, 0.2) is 24.3 Å². The molecule has 0 fully saturated rings. The van der Waals surface area contributed by atoms with Gasteiger partial charge in [-0.3, -0.25) is 14.9 Å². The van der Waals surface area contributed by atoms with Crippen LogP contribution in [0.1, 0.15) is 15.9 Å². The molecular weight excluding hydrogens is 412 g/mol. The summed E-state index contributed by atoms with van der Waals surface area (Å²) in [5.74, 6) is -1.04. The largest absolute Gasteiger partial charge is 0.493 e. The van der Waals surface area contributed by atoms with Crippen LogP contribution in [-0.2, 0) is 9.53 Å². The van der Waals surface area contributed by atoms with E-state index in [1.807, 2.05) is 0 Å². The molecule has 0 bridgehead atoms. The predicted molar refractivity (Wildman–Crippen MR) is 109 cm³/mol. The van der Waals surface area contributed by atoms with Crippen LogP contribution in [0.4, 0.5) is 11.4 Å². The number of methoxy groups -OCH3 is 4. The fourth-order valence-corrected chi connectivity index (χ4v) is 2.75. The first kappa shape index (κ1) is 23.3. The van der Waals surface area contributed by atoms with Gasteiger partial charge in [0.2, 0.25) is 11.5 Å². The van der Waals surface area contributed by atoms with E-state index in [-0.39, 0.29) is 29.4 Å². The van der Waals surface area contributed by atoms with E-state index in [1.54, 1.807) is 19.1 Å². The molecule has 0 unspecified atom stereocenters. The van der Waals surface area contributed by atoms with Gasteiger partial charge in [-0.15, -0.1) is 0 Å². The molecule has 1 amide bonds. The highest BCUT2D eigenvalue weighted by Gasteiger charge is 2.32. The minimum atomic E-state index is -0.753. The molecule has 31 heavy (non-hydrogen) atoms. The zero-order chi connectivity index (χ0) is 23.1. The van der Waals surface area contributed by atoms with Gasteiger partial charge in [0.1, 0.15) is 11.3 Å². The van der Waals surface area contributed by atoms with Crippen LogP contribution in [0, 0.1) is 17.0 Å². The number of esters is 1. The molecule has 0 spiro atoms. The average Bonchev–Trinajstić information content (AvgIpc) is 2.76. The van der Waals surface area contributed by atoms with Crippen molar-refractivity contribution in [1.82, 2.24) is 0 Å². The highest BCUT2D eigenvalue weighted by atomic mass is 16.6. The van der Waals surface area contributed by atoms with Crippen LogP contribution in [0.3, 0.4) is 0 Å². The van der Waals surface area contributed by atoms with Gasteiger partial charge in [0.25, 0.3) is 5.91 Å². The summed E-state index contributed by atoms with van der Waals surface area (Å²) in [6.45, 7) is 1.43. The minimum absolute atomic E-state index is 0.00321. The third-order valence-electron chi connectivity index (χ3n) is 4.26. The summed E-state index contributed by atoms with van der Waals surface area (Å²) in [5.41, 5.74) is 0.155. The third kappa shape index (κ3) is 5.13. The average molecular weight is 434 g/mol. The third-order valence-corrected chi connectivity index (χ3v) is 4.26. The van der Waals surface area contributed by atoms with Crippen molar-refractivity contribution in [1.29, 1.82) is 0 Å². The number of anilines is 1. The van der Waals surface area contributed by atoms with E-state index in [1.165, 1.54) is 40.6 Å². The molecule has 0 aliphatic rings. The van der Waals surface area contributed by atoms with Crippen molar-refractivity contribution in [3.05, 3.63) is 45.5 Å². The number of aryl methyl sites for hydroxylation is 1. The highest BCUT2D eigenvalue weighted by molar-refractivity contribution is 6.09. The lowest BCUT2D eigenvalue weighted by Gasteiger charge is -2.15. The zero-order valence-electron chi connectivity index (χ0n) is 17.6. The molecule has 0 saturated heterocycles. The molecule has 166 valence electrons. The Morgan fingerprint density at radius 2 is 1.71 bits per heavy atom. The molecule has 0 radical (unpaired) electrons. The van der Waals surface area contributed by atoms with Gasteiger partial charge >= 0.3 is 11.7 Å². The number of ether oxygens (including phenoxy) is 5. The number of nitro groups is 1. The van der Waals surface area contributed by atoms with Crippen molar-refractivity contribution >= 4 is 23.3 Å². The molecule has 0 aliphatic heterocycles. The van der Waals surface area contributed by atoms with Crippen molar-refractivity contribution < 1.29 is 38.2 Å². The van der Waals surface area contributed by atoms with Crippen LogP contribution in [0.5, 0.6) is 23.0 Å². The maximum atomic E-state index is 12.9. The lowest BCUT2D eigenvalue weighted by molar-refractivity contribution is -0.386.